The highest BCUT2D eigenvalue weighted by atomic mass is 35.5. The van der Waals surface area contributed by atoms with Gasteiger partial charge in [0.2, 0.25) is 10.6 Å². The van der Waals surface area contributed by atoms with Gasteiger partial charge in [-0.2, -0.15) is 0 Å². The number of benzene rings is 2. The van der Waals surface area contributed by atoms with Crippen LogP contribution in [0.4, 0.5) is 0 Å². The third-order valence-electron chi connectivity index (χ3n) is 7.82. The largest absolute Gasteiger partial charge is 0.472 e. The average molecular weight is 831 g/mol. The number of aromatic nitrogens is 4. The lowest BCUT2D eigenvalue weighted by atomic mass is 10.1. The van der Waals surface area contributed by atoms with Crippen LogP contribution < -0.4 is 0 Å². The molecule has 4 N–H and O–H groups in total. The molecule has 24 heteroatoms. The predicted molar refractivity (Wildman–Crippen MR) is 171 cm³/mol. The maximum Gasteiger partial charge on any atom is 0.472 e. The van der Waals surface area contributed by atoms with Gasteiger partial charge in [-0.1, -0.05) is 46.4 Å². The number of phosphoric ester groups is 2. The third-order valence-corrected chi connectivity index (χ3v) is 11.8. The molecular formula is C24H20Cl6N4O12P2. The fourth-order valence-electron chi connectivity index (χ4n) is 5.70. The van der Waals surface area contributed by atoms with E-state index in [9.17, 15) is 29.1 Å². The normalized spacial score (nSPS) is 36.2. The second-order valence-corrected chi connectivity index (χ2v) is 15.9. The van der Waals surface area contributed by atoms with Crippen molar-refractivity contribution < 1.29 is 56.7 Å². The van der Waals surface area contributed by atoms with E-state index in [2.05, 4.69) is 9.97 Å². The molecular weight excluding hydrogens is 811 g/mol. The SMILES string of the molecule is O=P1(O)OC[C@H]2O[C@@H](n3c(Cl)nc4cc(Cl)c(Cl)cc43)C(O)C2OP(=O)(O)OC[C@H]2O[C@@H](n3c(Cl)nc4cc(Cl)c(Cl)cc43)C(O)C2O1. The number of hydrogen-bond acceptors (Lipinski definition) is 12. The van der Waals surface area contributed by atoms with Crippen LogP contribution in [0.15, 0.2) is 24.3 Å². The summed E-state index contributed by atoms with van der Waals surface area (Å²) in [5, 5.41) is 22.8. The molecule has 0 radical (unpaired) electrons. The van der Waals surface area contributed by atoms with Crippen molar-refractivity contribution in [3.05, 3.63) is 54.9 Å². The van der Waals surface area contributed by atoms with Crippen LogP contribution in [-0.4, -0.2) is 88.9 Å². The highest BCUT2D eigenvalue weighted by molar-refractivity contribution is 7.47. The van der Waals surface area contributed by atoms with Crippen LogP contribution in [0.1, 0.15) is 12.5 Å². The van der Waals surface area contributed by atoms with E-state index < -0.39 is 77.9 Å². The summed E-state index contributed by atoms with van der Waals surface area (Å²) < 4.78 is 61.7. The number of halogens is 6. The molecule has 2 aromatic heterocycles. The van der Waals surface area contributed by atoms with Gasteiger partial charge in [0.1, 0.15) is 36.6 Å². The standard InChI is InChI=1S/C24H20Cl6N4O12P2/c25-7-1-11-13(3-9(7)27)33(23(29)31-11)21-17(35)19-15(43-21)5-41-48(39,40)46-20-16(6-42-47(37,38)45-19)44-22(18(20)36)34-14-4-10(28)8(26)2-12(14)32-24(34)30/h1-4,15-22,35-36H,5-6H2,(H,37,38)(H,39,40)/t15-,16-,17?,18?,19?,20?,21-,22-/m1/s1. The smallest absolute Gasteiger partial charge is 0.386 e. The Morgan fingerprint density at radius 3 is 1.38 bits per heavy atom. The zero-order chi connectivity index (χ0) is 34.4. The number of imidazole rings is 2. The van der Waals surface area contributed by atoms with Gasteiger partial charge in [0, 0.05) is 0 Å². The second-order valence-electron chi connectivity index (χ2n) is 10.8. The summed E-state index contributed by atoms with van der Waals surface area (Å²) in [7, 11) is -10.2. The van der Waals surface area contributed by atoms with Crippen LogP contribution in [0.3, 0.4) is 0 Å². The lowest BCUT2D eigenvalue weighted by Gasteiger charge is -2.27. The summed E-state index contributed by atoms with van der Waals surface area (Å²) in [5.74, 6) is 0. The molecule has 7 rings (SSSR count). The Balaban J connectivity index is 1.18. The molecule has 3 aliphatic rings. The Kier molecular flexibility index (Phi) is 9.63. The van der Waals surface area contributed by atoms with Gasteiger partial charge in [-0.15, -0.1) is 0 Å². The minimum atomic E-state index is -5.08. The molecule has 0 amide bonds. The summed E-state index contributed by atoms with van der Waals surface area (Å²) >= 11 is 37.2. The van der Waals surface area contributed by atoms with Crippen LogP contribution >= 0.6 is 85.3 Å². The zero-order valence-electron chi connectivity index (χ0n) is 23.3. The Morgan fingerprint density at radius 2 is 1.00 bits per heavy atom. The molecule has 3 saturated heterocycles. The number of phosphoric acid groups is 2. The maximum atomic E-state index is 13.2. The van der Waals surface area contributed by atoms with Gasteiger partial charge in [0.25, 0.3) is 0 Å². The molecule has 5 heterocycles. The fraction of sp³-hybridized carbons (Fsp3) is 0.417. The van der Waals surface area contributed by atoms with Gasteiger partial charge >= 0.3 is 15.6 Å². The lowest BCUT2D eigenvalue weighted by molar-refractivity contribution is -0.0662. The molecule has 3 aliphatic heterocycles. The van der Waals surface area contributed by atoms with Gasteiger partial charge < -0.3 is 29.5 Å². The molecule has 3 fully saturated rings. The molecule has 0 aliphatic carbocycles. The molecule has 10 atom stereocenters. The number of aliphatic hydroxyl groups is 2. The van der Waals surface area contributed by atoms with Crippen LogP contribution in [-0.2, 0) is 36.7 Å². The monoisotopic (exact) mass is 828 g/mol. The number of fused-ring (bicyclic) bond motifs is 4. The number of aliphatic hydroxyl groups excluding tert-OH is 2. The first-order valence-electron chi connectivity index (χ1n) is 13.6. The molecule has 16 nitrogen and oxygen atoms in total. The van der Waals surface area contributed by atoms with Gasteiger partial charge in [-0.3, -0.25) is 27.2 Å². The van der Waals surface area contributed by atoms with E-state index in [1.165, 1.54) is 33.4 Å². The van der Waals surface area contributed by atoms with Crippen molar-refractivity contribution in [2.45, 2.75) is 49.1 Å². The van der Waals surface area contributed by atoms with Crippen molar-refractivity contribution in [2.24, 2.45) is 0 Å². The lowest BCUT2D eigenvalue weighted by Crippen LogP contribution is -2.39. The van der Waals surface area contributed by atoms with Crippen LogP contribution in [0.2, 0.25) is 30.7 Å². The number of ether oxygens (including phenoxy) is 2. The van der Waals surface area contributed by atoms with E-state index >= 15 is 0 Å². The molecule has 48 heavy (non-hydrogen) atoms. The van der Waals surface area contributed by atoms with Crippen molar-refractivity contribution in [1.29, 1.82) is 0 Å². The van der Waals surface area contributed by atoms with Gasteiger partial charge in [0.15, 0.2) is 12.5 Å². The summed E-state index contributed by atoms with van der Waals surface area (Å²) in [6.45, 7) is -1.67. The predicted octanol–water partition coefficient (Wildman–Crippen LogP) is 5.54. The average Bonchev–Trinajstić information content (AvgIpc) is 3.67. The molecule has 4 aromatic rings. The Labute approximate surface area is 299 Å². The zero-order valence-corrected chi connectivity index (χ0v) is 29.7. The van der Waals surface area contributed by atoms with Crippen molar-refractivity contribution in [2.75, 3.05) is 13.2 Å². The highest BCUT2D eigenvalue weighted by Gasteiger charge is 2.54. The first-order valence-corrected chi connectivity index (χ1v) is 18.8. The summed E-state index contributed by atoms with van der Waals surface area (Å²) in [4.78, 5) is 29.8. The molecule has 2 aromatic carbocycles. The van der Waals surface area contributed by atoms with E-state index in [-0.39, 0.29) is 52.7 Å². The summed E-state index contributed by atoms with van der Waals surface area (Å²) in [6.07, 6.45) is -12.8. The van der Waals surface area contributed by atoms with E-state index in [1.54, 1.807) is 0 Å². The van der Waals surface area contributed by atoms with E-state index in [0.717, 1.165) is 0 Å². The molecule has 0 spiro atoms. The van der Waals surface area contributed by atoms with Crippen LogP contribution in [0.5, 0.6) is 0 Å². The Bertz CT molecular complexity index is 1890. The van der Waals surface area contributed by atoms with E-state index in [0.29, 0.717) is 0 Å². The van der Waals surface area contributed by atoms with Crippen molar-refractivity contribution in [1.82, 2.24) is 19.1 Å². The van der Waals surface area contributed by atoms with Gasteiger partial charge in [0.05, 0.1) is 55.4 Å². The topological polar surface area (TPSA) is 206 Å². The first kappa shape index (κ1) is 35.6. The minimum absolute atomic E-state index is 0.126. The molecule has 6 unspecified atom stereocenters. The number of nitrogens with zero attached hydrogens (tertiary/aromatic N) is 4. The van der Waals surface area contributed by atoms with E-state index in [4.69, 9.17) is 97.2 Å². The van der Waals surface area contributed by atoms with Crippen LogP contribution in [0.25, 0.3) is 22.1 Å². The molecule has 0 bridgehead atoms. The van der Waals surface area contributed by atoms with Gasteiger partial charge in [-0.25, -0.2) is 19.1 Å². The second kappa shape index (κ2) is 13.0. The minimum Gasteiger partial charge on any atom is -0.386 e. The van der Waals surface area contributed by atoms with Crippen LogP contribution in [0, 0.1) is 0 Å². The Morgan fingerprint density at radius 1 is 0.646 bits per heavy atom. The summed E-state index contributed by atoms with van der Waals surface area (Å²) in [5.41, 5.74) is 1.08. The maximum absolute atomic E-state index is 13.2. The highest BCUT2D eigenvalue weighted by Crippen LogP contribution is 2.54. The van der Waals surface area contributed by atoms with Crippen molar-refractivity contribution in [3.8, 4) is 0 Å². The number of rotatable bonds is 2. The Hall–Kier alpha value is -0.820. The van der Waals surface area contributed by atoms with Crippen molar-refractivity contribution in [3.63, 3.8) is 0 Å². The van der Waals surface area contributed by atoms with E-state index in [1.807, 2.05) is 0 Å². The van der Waals surface area contributed by atoms with Crippen molar-refractivity contribution >= 4 is 107 Å². The molecule has 0 saturated carbocycles. The quantitative estimate of drug-likeness (QED) is 0.183. The third kappa shape index (κ3) is 6.42. The van der Waals surface area contributed by atoms with Gasteiger partial charge in [-0.05, 0) is 47.5 Å². The first-order chi connectivity index (χ1) is 22.5. The number of hydrogen-bond donors (Lipinski definition) is 4. The summed E-state index contributed by atoms with van der Waals surface area (Å²) in [6, 6.07) is 5.67. The fourth-order valence-corrected chi connectivity index (χ4v) is 8.82. The molecule has 260 valence electrons.